The number of carbonyl (C=O) groups excluding carboxylic acids is 1. The molecule has 40 heavy (non-hydrogen) atoms. The summed E-state index contributed by atoms with van der Waals surface area (Å²) in [5, 5.41) is 12.9. The van der Waals surface area contributed by atoms with Crippen molar-refractivity contribution in [2.75, 3.05) is 19.7 Å². The fourth-order valence-electron chi connectivity index (χ4n) is 6.42. The van der Waals surface area contributed by atoms with Crippen molar-refractivity contribution in [3.05, 3.63) is 57.8 Å². The van der Waals surface area contributed by atoms with Crippen LogP contribution in [0.3, 0.4) is 0 Å². The first-order valence-corrected chi connectivity index (χ1v) is 15.2. The maximum absolute atomic E-state index is 15.4. The van der Waals surface area contributed by atoms with Crippen LogP contribution < -0.4 is 15.6 Å². The third-order valence-electron chi connectivity index (χ3n) is 8.62. The number of nitrogens with one attached hydrogen (secondary N) is 2. The molecule has 0 radical (unpaired) electrons. The summed E-state index contributed by atoms with van der Waals surface area (Å²) in [5.41, 5.74) is -0.873. The highest BCUT2D eigenvalue weighted by Crippen LogP contribution is 2.39. The number of piperidine rings is 1. The Hall–Kier alpha value is -3.40. The molecule has 2 aromatic rings. The summed E-state index contributed by atoms with van der Waals surface area (Å²) in [7, 11) is -3.87. The molecular weight excluding hydrogens is 537 g/mol. The fourth-order valence-corrected chi connectivity index (χ4v) is 8.01. The molecule has 2 saturated heterocycles. The number of fused-ring (bicyclic) bond motifs is 1. The van der Waals surface area contributed by atoms with Crippen molar-refractivity contribution < 1.29 is 22.3 Å². The van der Waals surface area contributed by atoms with Crippen molar-refractivity contribution in [3.8, 4) is 6.07 Å². The quantitative estimate of drug-likeness (QED) is 0.561. The number of nitrogens with zero attached hydrogens (tertiary/aromatic N) is 3. The molecule has 2 aliphatic heterocycles. The average Bonchev–Trinajstić information content (AvgIpc) is 3.63. The summed E-state index contributed by atoms with van der Waals surface area (Å²) < 4.78 is 51.3. The number of aromatic nitrogens is 2. The van der Waals surface area contributed by atoms with E-state index < -0.39 is 27.2 Å². The second-order valence-corrected chi connectivity index (χ2v) is 13.0. The normalized spacial score (nSPS) is 25.4. The number of benzene rings is 1. The molecule has 1 saturated carbocycles. The van der Waals surface area contributed by atoms with Gasteiger partial charge in [0.15, 0.2) is 12.0 Å². The summed E-state index contributed by atoms with van der Waals surface area (Å²) in [6, 6.07) is 6.14. The summed E-state index contributed by atoms with van der Waals surface area (Å²) in [4.78, 5) is 30.7. The molecule has 10 nitrogen and oxygen atoms in total. The van der Waals surface area contributed by atoms with Crippen LogP contribution in [0.5, 0.6) is 0 Å². The molecule has 2 N–H and O–H groups in total. The van der Waals surface area contributed by atoms with Gasteiger partial charge in [0.2, 0.25) is 10.0 Å². The first-order valence-electron chi connectivity index (χ1n) is 13.6. The lowest BCUT2D eigenvalue weighted by atomic mass is 9.87. The Balaban J connectivity index is 1.38. The van der Waals surface area contributed by atoms with Gasteiger partial charge in [-0.15, -0.1) is 0 Å². The Labute approximate surface area is 231 Å². The number of ketones is 1. The molecule has 1 unspecified atom stereocenters. The predicted molar refractivity (Wildman–Crippen MR) is 145 cm³/mol. The van der Waals surface area contributed by atoms with Crippen LogP contribution in [0.4, 0.5) is 4.39 Å². The summed E-state index contributed by atoms with van der Waals surface area (Å²) >= 11 is 0. The minimum Gasteiger partial charge on any atom is -0.373 e. The number of ether oxygens (including phenoxy) is 1. The molecule has 3 heterocycles. The van der Waals surface area contributed by atoms with Gasteiger partial charge in [-0.25, -0.2) is 17.8 Å². The van der Waals surface area contributed by atoms with Gasteiger partial charge in [0.05, 0.1) is 52.0 Å². The lowest BCUT2D eigenvalue weighted by molar-refractivity contribution is -0.117. The van der Waals surface area contributed by atoms with Crippen molar-refractivity contribution in [3.63, 3.8) is 0 Å². The highest BCUT2D eigenvalue weighted by molar-refractivity contribution is 7.90. The molecule has 3 fully saturated rings. The van der Waals surface area contributed by atoms with Crippen LogP contribution in [-0.4, -0.2) is 60.5 Å². The lowest BCUT2D eigenvalue weighted by Crippen LogP contribution is -2.41. The van der Waals surface area contributed by atoms with Crippen molar-refractivity contribution in [1.82, 2.24) is 19.6 Å². The summed E-state index contributed by atoms with van der Waals surface area (Å²) in [6.45, 7) is 2.09. The molecule has 2 atom stereocenters. The molecule has 1 spiro atoms. The van der Waals surface area contributed by atoms with Gasteiger partial charge in [-0.1, -0.05) is 18.9 Å². The number of allylic oxidation sites excluding steroid dienone is 3. The predicted octanol–water partition coefficient (Wildman–Crippen LogP) is 2.42. The average molecular weight is 568 g/mol. The maximum atomic E-state index is 15.4. The second-order valence-electron chi connectivity index (χ2n) is 11.1. The number of nitriles is 1. The lowest BCUT2D eigenvalue weighted by Gasteiger charge is -2.32. The van der Waals surface area contributed by atoms with E-state index in [9.17, 15) is 23.3 Å². The number of alkyl halides is 1. The van der Waals surface area contributed by atoms with Gasteiger partial charge in [0.25, 0.3) is 5.56 Å². The van der Waals surface area contributed by atoms with Gasteiger partial charge in [-0.05, 0) is 62.9 Å². The molecule has 12 heteroatoms. The number of carbonyl (C=O) groups is 1. The van der Waals surface area contributed by atoms with Gasteiger partial charge >= 0.3 is 0 Å². The van der Waals surface area contributed by atoms with E-state index in [1.165, 1.54) is 24.5 Å². The second kappa shape index (κ2) is 10.2. The summed E-state index contributed by atoms with van der Waals surface area (Å²) in [6.07, 6.45) is 5.07. The fraction of sp³-hybridized carbons (Fsp3) is 0.500. The van der Waals surface area contributed by atoms with Crippen LogP contribution in [0.2, 0.25) is 0 Å². The van der Waals surface area contributed by atoms with Crippen LogP contribution in [0.1, 0.15) is 56.6 Å². The van der Waals surface area contributed by atoms with Crippen LogP contribution in [-0.2, 0) is 19.6 Å². The van der Waals surface area contributed by atoms with E-state index in [0.29, 0.717) is 31.4 Å². The number of rotatable bonds is 5. The molecule has 2 aliphatic carbocycles. The van der Waals surface area contributed by atoms with Gasteiger partial charge in [0, 0.05) is 11.6 Å². The molecule has 0 amide bonds. The van der Waals surface area contributed by atoms with Crippen molar-refractivity contribution in [2.24, 2.45) is 0 Å². The number of halogens is 1. The van der Waals surface area contributed by atoms with E-state index in [1.54, 1.807) is 4.57 Å². The molecule has 210 valence electrons. The first-order chi connectivity index (χ1) is 19.2. The van der Waals surface area contributed by atoms with Gasteiger partial charge in [0.1, 0.15) is 6.07 Å². The van der Waals surface area contributed by atoms with Crippen LogP contribution >= 0.6 is 0 Å². The highest BCUT2D eigenvalue weighted by Gasteiger charge is 2.42. The van der Waals surface area contributed by atoms with Crippen LogP contribution in [0, 0.1) is 11.3 Å². The Kier molecular flexibility index (Phi) is 6.84. The minimum absolute atomic E-state index is 0.143. The molecular formula is C28H30FN5O5S. The van der Waals surface area contributed by atoms with E-state index in [1.807, 2.05) is 6.07 Å². The molecule has 0 bridgehead atoms. The number of hydrogen-bond donors (Lipinski definition) is 2. The standard InChI is InChI=1S/C28H30FN5O5S/c29-26-24(35)12-23(33-40(37,38)19-3-1-2-4-19)21(14-30)25(26)17-5-6-22-20(11-17)27(36)34(16-32-22)18-13-28(39-15-18)7-9-31-10-8-28/h5-6,11-12,16,18-19,26,31,33H,1-4,7-10,13,15H2/t18-,26?/m1/s1. The zero-order valence-electron chi connectivity index (χ0n) is 21.9. The van der Waals surface area contributed by atoms with Crippen molar-refractivity contribution >= 4 is 32.3 Å². The van der Waals surface area contributed by atoms with Gasteiger partial charge in [-0.2, -0.15) is 5.26 Å². The maximum Gasteiger partial charge on any atom is 0.261 e. The smallest absolute Gasteiger partial charge is 0.261 e. The largest absolute Gasteiger partial charge is 0.373 e. The van der Waals surface area contributed by atoms with E-state index in [4.69, 9.17) is 4.74 Å². The van der Waals surface area contributed by atoms with Crippen LogP contribution in [0.15, 0.2) is 46.7 Å². The van der Waals surface area contributed by atoms with E-state index in [-0.39, 0.29) is 45.0 Å². The van der Waals surface area contributed by atoms with E-state index in [2.05, 4.69) is 15.0 Å². The molecule has 1 aromatic carbocycles. The monoisotopic (exact) mass is 567 g/mol. The third-order valence-corrected chi connectivity index (χ3v) is 10.5. The Bertz CT molecular complexity index is 1650. The van der Waals surface area contributed by atoms with Crippen molar-refractivity contribution in [2.45, 2.75) is 68.0 Å². The number of hydrogen-bond acceptors (Lipinski definition) is 8. The Morgan fingerprint density at radius 3 is 2.67 bits per heavy atom. The zero-order chi connectivity index (χ0) is 28.1. The molecule has 4 aliphatic rings. The Morgan fingerprint density at radius 1 is 1.20 bits per heavy atom. The summed E-state index contributed by atoms with van der Waals surface area (Å²) in [5.74, 6) is -0.975. The minimum atomic E-state index is -3.87. The SMILES string of the molecule is N#CC1=C(c2ccc3ncn([C@H]4COC5(CCNCC5)C4)c(=O)c3c2)C(F)C(=O)C=C1NS(=O)(=O)C1CCCC1. The topological polar surface area (TPSA) is 143 Å². The third kappa shape index (κ3) is 4.66. The first kappa shape index (κ1) is 26.8. The van der Waals surface area contributed by atoms with Crippen molar-refractivity contribution in [1.29, 1.82) is 5.26 Å². The molecule has 6 rings (SSSR count). The molecule has 1 aromatic heterocycles. The Morgan fingerprint density at radius 2 is 1.95 bits per heavy atom. The van der Waals surface area contributed by atoms with Crippen LogP contribution in [0.25, 0.3) is 16.5 Å². The van der Waals surface area contributed by atoms with Gasteiger partial charge in [-0.3, -0.25) is 18.9 Å². The highest BCUT2D eigenvalue weighted by atomic mass is 32.2. The zero-order valence-corrected chi connectivity index (χ0v) is 22.7. The van der Waals surface area contributed by atoms with Gasteiger partial charge < -0.3 is 10.1 Å². The number of sulfonamides is 1. The van der Waals surface area contributed by atoms with E-state index in [0.717, 1.165) is 44.8 Å². The van der Waals surface area contributed by atoms with E-state index >= 15 is 4.39 Å².